The third kappa shape index (κ3) is 4.08. The number of hydrogen-bond acceptors (Lipinski definition) is 6. The third-order valence-electron chi connectivity index (χ3n) is 5.01. The fraction of sp³-hybridized carbons (Fsp3) is 0.350. The number of rotatable bonds is 6. The Hall–Kier alpha value is -3.53. The lowest BCUT2D eigenvalue weighted by atomic mass is 10.2. The molecule has 0 bridgehead atoms. The number of carbonyl (C=O) groups excluding carboxylic acids is 2. The second kappa shape index (κ2) is 8.46. The Kier molecular flexibility index (Phi) is 5.57. The first-order valence-corrected chi connectivity index (χ1v) is 9.74. The molecule has 10 heteroatoms. The maximum absolute atomic E-state index is 12.9. The number of aliphatic hydroxyl groups is 1. The molecule has 10 nitrogen and oxygen atoms in total. The minimum absolute atomic E-state index is 0.00326. The number of nitrogens with zero attached hydrogens (tertiary/aromatic N) is 6. The molecule has 1 aliphatic heterocycles. The van der Waals surface area contributed by atoms with Crippen LogP contribution in [0.1, 0.15) is 28.3 Å². The van der Waals surface area contributed by atoms with Crippen LogP contribution in [-0.4, -0.2) is 61.2 Å². The Morgan fingerprint density at radius 1 is 1.27 bits per heavy atom. The van der Waals surface area contributed by atoms with Crippen molar-refractivity contribution in [2.24, 2.45) is 0 Å². The molecule has 0 unspecified atom stereocenters. The second-order valence-electron chi connectivity index (χ2n) is 7.15. The molecular weight excluding hydrogens is 386 g/mol. The summed E-state index contributed by atoms with van der Waals surface area (Å²) in [5, 5.41) is 20.5. The second-order valence-corrected chi connectivity index (χ2v) is 7.15. The van der Waals surface area contributed by atoms with Gasteiger partial charge < -0.3 is 10.4 Å². The molecule has 2 aromatic heterocycles. The molecule has 0 aliphatic carbocycles. The molecule has 3 aromatic rings. The lowest BCUT2D eigenvalue weighted by Gasteiger charge is -2.19. The van der Waals surface area contributed by atoms with E-state index in [0.717, 1.165) is 11.3 Å². The molecule has 0 fully saturated rings. The van der Waals surface area contributed by atoms with E-state index in [4.69, 9.17) is 5.11 Å². The lowest BCUT2D eigenvalue weighted by Crippen LogP contribution is -2.47. The van der Waals surface area contributed by atoms with Gasteiger partial charge in [0.1, 0.15) is 18.2 Å². The summed E-state index contributed by atoms with van der Waals surface area (Å²) in [4.78, 5) is 31.0. The highest BCUT2D eigenvalue weighted by molar-refractivity contribution is 6.00. The Labute approximate surface area is 173 Å². The molecule has 0 saturated heterocycles. The summed E-state index contributed by atoms with van der Waals surface area (Å²) in [6.07, 6.45) is 2.33. The summed E-state index contributed by atoms with van der Waals surface area (Å²) in [5.41, 5.74) is 1.77. The molecule has 3 heterocycles. The van der Waals surface area contributed by atoms with Crippen LogP contribution in [0, 0.1) is 0 Å². The van der Waals surface area contributed by atoms with Crippen LogP contribution in [0.15, 0.2) is 42.7 Å². The molecule has 0 saturated carbocycles. The van der Waals surface area contributed by atoms with E-state index >= 15 is 0 Å². The molecule has 156 valence electrons. The van der Waals surface area contributed by atoms with Gasteiger partial charge in [0.05, 0.1) is 12.2 Å². The lowest BCUT2D eigenvalue weighted by molar-refractivity contribution is -0.120. The zero-order valence-electron chi connectivity index (χ0n) is 16.6. The quantitative estimate of drug-likeness (QED) is 0.601. The van der Waals surface area contributed by atoms with Gasteiger partial charge in [0.15, 0.2) is 0 Å². The molecule has 0 spiro atoms. The monoisotopic (exact) mass is 409 g/mol. The van der Waals surface area contributed by atoms with Crippen LogP contribution < -0.4 is 10.2 Å². The minimum Gasteiger partial charge on any atom is -0.396 e. The predicted octanol–water partition coefficient (Wildman–Crippen LogP) is 0.223. The Morgan fingerprint density at radius 3 is 2.83 bits per heavy atom. The Morgan fingerprint density at radius 2 is 2.07 bits per heavy atom. The zero-order chi connectivity index (χ0) is 21.1. The molecule has 4 rings (SSSR count). The van der Waals surface area contributed by atoms with Crippen molar-refractivity contribution < 1.29 is 14.7 Å². The fourth-order valence-electron chi connectivity index (χ4n) is 3.45. The number of aromatic nitrogens is 5. The van der Waals surface area contributed by atoms with E-state index in [9.17, 15) is 9.59 Å². The van der Waals surface area contributed by atoms with Crippen LogP contribution in [-0.2, 0) is 24.3 Å². The van der Waals surface area contributed by atoms with E-state index in [1.54, 1.807) is 22.5 Å². The van der Waals surface area contributed by atoms with E-state index in [0.29, 0.717) is 31.7 Å². The number of anilines is 1. The highest BCUT2D eigenvalue weighted by Crippen LogP contribution is 2.21. The van der Waals surface area contributed by atoms with Crippen LogP contribution in [0.3, 0.4) is 0 Å². The average Bonchev–Trinajstić information content (AvgIpc) is 3.36. The predicted molar refractivity (Wildman–Crippen MR) is 108 cm³/mol. The topological polar surface area (TPSA) is 118 Å². The first-order chi connectivity index (χ1) is 14.5. The maximum Gasteiger partial charge on any atom is 0.291 e. The summed E-state index contributed by atoms with van der Waals surface area (Å²) in [6, 6.07) is 10.8. The molecule has 1 aliphatic rings. The van der Waals surface area contributed by atoms with Gasteiger partial charge in [0.25, 0.3) is 11.8 Å². The van der Waals surface area contributed by atoms with Gasteiger partial charge in [-0.05, 0) is 12.0 Å². The number of aryl methyl sites for hydroxylation is 1. The Bertz CT molecular complexity index is 1040. The van der Waals surface area contributed by atoms with Gasteiger partial charge in [-0.25, -0.2) is 14.3 Å². The average molecular weight is 409 g/mol. The number of amides is 2. The molecular formula is C20H23N7O3. The highest BCUT2D eigenvalue weighted by Gasteiger charge is 2.31. The van der Waals surface area contributed by atoms with Gasteiger partial charge in [-0.1, -0.05) is 30.3 Å². The van der Waals surface area contributed by atoms with Crippen molar-refractivity contribution in [3.63, 3.8) is 0 Å². The molecule has 0 radical (unpaired) electrons. The number of hydrogen-bond donors (Lipinski definition) is 2. The van der Waals surface area contributed by atoms with Crippen molar-refractivity contribution in [3.8, 4) is 0 Å². The highest BCUT2D eigenvalue weighted by atomic mass is 16.3. The van der Waals surface area contributed by atoms with Gasteiger partial charge in [0, 0.05) is 32.7 Å². The largest absolute Gasteiger partial charge is 0.396 e. The van der Waals surface area contributed by atoms with Gasteiger partial charge in [-0.2, -0.15) is 5.10 Å². The minimum atomic E-state index is -0.702. The first-order valence-electron chi connectivity index (χ1n) is 9.74. The summed E-state index contributed by atoms with van der Waals surface area (Å²) in [5.74, 6) is -0.0607. The third-order valence-corrected chi connectivity index (χ3v) is 5.01. The zero-order valence-corrected chi connectivity index (χ0v) is 16.6. The number of nitrogens with one attached hydrogen (secondary N) is 1. The van der Waals surface area contributed by atoms with E-state index in [1.807, 2.05) is 30.3 Å². The van der Waals surface area contributed by atoms with Crippen molar-refractivity contribution >= 4 is 17.6 Å². The normalized spacial score (nSPS) is 16.3. The van der Waals surface area contributed by atoms with E-state index in [2.05, 4.69) is 20.5 Å². The van der Waals surface area contributed by atoms with Gasteiger partial charge in [-0.3, -0.25) is 14.5 Å². The smallest absolute Gasteiger partial charge is 0.291 e. The number of benzene rings is 1. The van der Waals surface area contributed by atoms with Crippen molar-refractivity contribution in [1.82, 2.24) is 29.9 Å². The van der Waals surface area contributed by atoms with Crippen molar-refractivity contribution in [3.05, 3.63) is 59.8 Å². The number of aliphatic hydroxyl groups excluding tert-OH is 1. The number of likely N-dealkylation sites (N-methyl/N-ethyl adjacent to an activating group) is 1. The van der Waals surface area contributed by atoms with Crippen LogP contribution in [0.5, 0.6) is 0 Å². The van der Waals surface area contributed by atoms with Crippen molar-refractivity contribution in [2.45, 2.75) is 32.0 Å². The summed E-state index contributed by atoms with van der Waals surface area (Å²) < 4.78 is 3.31. The van der Waals surface area contributed by atoms with Crippen LogP contribution in [0.4, 0.5) is 5.82 Å². The van der Waals surface area contributed by atoms with Gasteiger partial charge in [-0.15, -0.1) is 5.10 Å². The molecule has 30 heavy (non-hydrogen) atoms. The summed E-state index contributed by atoms with van der Waals surface area (Å²) in [6.45, 7) is 0.970. The SMILES string of the molecule is CN1C(=O)[C@@H](NC(=O)c2ncn(Cc3ccccc3)n2)CCn2nc(CCO)cc21. The first kappa shape index (κ1) is 19.8. The molecule has 2 amide bonds. The summed E-state index contributed by atoms with van der Waals surface area (Å²) in [7, 11) is 1.65. The van der Waals surface area contributed by atoms with Gasteiger partial charge in [0.2, 0.25) is 5.82 Å². The Balaban J connectivity index is 1.42. The number of fused-ring (bicyclic) bond motifs is 1. The van der Waals surface area contributed by atoms with Crippen LogP contribution >= 0.6 is 0 Å². The molecule has 2 N–H and O–H groups in total. The maximum atomic E-state index is 12.9. The summed E-state index contributed by atoms with van der Waals surface area (Å²) >= 11 is 0. The molecule has 1 aromatic carbocycles. The van der Waals surface area contributed by atoms with Crippen LogP contribution in [0.25, 0.3) is 0 Å². The van der Waals surface area contributed by atoms with E-state index in [1.165, 1.54) is 11.2 Å². The van der Waals surface area contributed by atoms with Crippen LogP contribution in [0.2, 0.25) is 0 Å². The van der Waals surface area contributed by atoms with Crippen molar-refractivity contribution in [2.75, 3.05) is 18.6 Å². The fourth-order valence-corrected chi connectivity index (χ4v) is 3.45. The van der Waals surface area contributed by atoms with E-state index < -0.39 is 11.9 Å². The number of carbonyl (C=O) groups is 2. The van der Waals surface area contributed by atoms with Crippen molar-refractivity contribution in [1.29, 1.82) is 0 Å². The van der Waals surface area contributed by atoms with Gasteiger partial charge >= 0.3 is 0 Å². The molecule has 1 atom stereocenters. The van der Waals surface area contributed by atoms with E-state index in [-0.39, 0.29) is 18.3 Å². The standard InChI is InChI=1S/C20H23N7O3/c1-25-17-11-15(8-10-28)23-27(17)9-7-16(20(25)30)22-19(29)18-21-13-26(24-18)12-14-5-3-2-4-6-14/h2-6,11,13,16,28H,7-10,12H2,1H3,(H,22,29)/t16-/m0/s1.